The third-order valence-corrected chi connectivity index (χ3v) is 14.7. The number of aliphatic hydroxyl groups excluding tert-OH is 4. The Morgan fingerprint density at radius 2 is 1.77 bits per heavy atom. The Labute approximate surface area is 286 Å². The molecule has 7 N–H and O–H groups in total. The third-order valence-electron chi connectivity index (χ3n) is 14.7. The summed E-state index contributed by atoms with van der Waals surface area (Å²) in [6, 6.07) is 0. The highest BCUT2D eigenvalue weighted by atomic mass is 16.5. The summed E-state index contributed by atoms with van der Waals surface area (Å²) >= 11 is 0. The van der Waals surface area contributed by atoms with Gasteiger partial charge in [0.2, 0.25) is 0 Å². The fourth-order valence-corrected chi connectivity index (χ4v) is 11.8. The summed E-state index contributed by atoms with van der Waals surface area (Å²) in [5, 5.41) is 73.4. The Morgan fingerprint density at radius 3 is 2.48 bits per heavy atom. The molecule has 0 aromatic carbocycles. The number of unbranched alkanes of at least 4 members (excludes halogenated alkanes) is 3. The van der Waals surface area contributed by atoms with Gasteiger partial charge in [0.25, 0.3) is 0 Å². The van der Waals surface area contributed by atoms with Crippen LogP contribution < -0.4 is 5.32 Å². The zero-order valence-corrected chi connectivity index (χ0v) is 29.8. The lowest BCUT2D eigenvalue weighted by atomic mass is 9.39. The molecule has 4 bridgehead atoms. The minimum Gasteiger partial charge on any atom is -0.392 e. The van der Waals surface area contributed by atoms with Crippen LogP contribution in [0, 0.1) is 51.8 Å². The molecule has 270 valence electrons. The average Bonchev–Trinajstić information content (AvgIpc) is 3.55. The van der Waals surface area contributed by atoms with Crippen molar-refractivity contribution in [1.29, 1.82) is 0 Å². The van der Waals surface area contributed by atoms with E-state index in [9.17, 15) is 35.4 Å². The van der Waals surface area contributed by atoms with Crippen LogP contribution in [0.2, 0.25) is 0 Å². The largest absolute Gasteiger partial charge is 0.392 e. The first-order valence-electron chi connectivity index (χ1n) is 18.9. The lowest BCUT2D eigenvalue weighted by molar-refractivity contribution is -0.205. The molecular formula is C39H61NO8. The summed E-state index contributed by atoms with van der Waals surface area (Å²) in [5.74, 6) is 6.01. The molecule has 14 atom stereocenters. The summed E-state index contributed by atoms with van der Waals surface area (Å²) in [5.41, 5.74) is -5.01. The van der Waals surface area contributed by atoms with Gasteiger partial charge in [0.15, 0.2) is 5.78 Å². The Balaban J connectivity index is 1.41. The van der Waals surface area contributed by atoms with Crippen molar-refractivity contribution in [2.24, 2.45) is 39.9 Å². The molecule has 9 nitrogen and oxygen atoms in total. The van der Waals surface area contributed by atoms with Crippen LogP contribution in [-0.4, -0.2) is 91.3 Å². The highest BCUT2D eigenvalue weighted by molar-refractivity contribution is 6.03. The summed E-state index contributed by atoms with van der Waals surface area (Å²) in [7, 11) is 0. The second-order valence-electron chi connectivity index (χ2n) is 17.2. The molecule has 14 unspecified atom stereocenters. The number of nitrogens with one attached hydrogen (secondary N) is 1. The lowest BCUT2D eigenvalue weighted by Crippen LogP contribution is -2.69. The molecule has 0 aromatic rings. The topological polar surface area (TPSA) is 160 Å². The monoisotopic (exact) mass is 671 g/mol. The molecular weight excluding hydrogens is 610 g/mol. The third kappa shape index (κ3) is 5.18. The second-order valence-corrected chi connectivity index (χ2v) is 17.2. The maximum atomic E-state index is 14.9. The molecule has 7 rings (SSSR count). The van der Waals surface area contributed by atoms with Crippen molar-refractivity contribution >= 4 is 5.78 Å². The molecule has 0 amide bonds. The fourth-order valence-electron chi connectivity index (χ4n) is 11.8. The number of hydrogen-bond donors (Lipinski definition) is 7. The van der Waals surface area contributed by atoms with Gasteiger partial charge in [0.1, 0.15) is 6.10 Å². The fraction of sp³-hybridized carbons (Fsp3) is 0.872. The molecule has 2 spiro atoms. The molecule has 6 aliphatic carbocycles. The van der Waals surface area contributed by atoms with E-state index in [1.165, 1.54) is 19.3 Å². The molecule has 1 aliphatic heterocycles. The smallest absolute Gasteiger partial charge is 0.186 e. The predicted molar refractivity (Wildman–Crippen MR) is 181 cm³/mol. The van der Waals surface area contributed by atoms with Crippen molar-refractivity contribution < 1.29 is 40.2 Å². The van der Waals surface area contributed by atoms with E-state index in [4.69, 9.17) is 4.74 Å². The minimum atomic E-state index is -1.61. The summed E-state index contributed by atoms with van der Waals surface area (Å²) in [6.07, 6.45) is 3.84. The van der Waals surface area contributed by atoms with Crippen molar-refractivity contribution in [3.05, 3.63) is 11.3 Å². The molecule has 0 aromatic heterocycles. The Bertz CT molecular complexity index is 1330. The van der Waals surface area contributed by atoms with E-state index >= 15 is 0 Å². The van der Waals surface area contributed by atoms with Gasteiger partial charge in [-0.1, -0.05) is 46.5 Å². The van der Waals surface area contributed by atoms with Crippen molar-refractivity contribution in [2.75, 3.05) is 13.2 Å². The maximum Gasteiger partial charge on any atom is 0.186 e. The van der Waals surface area contributed by atoms with E-state index in [0.29, 0.717) is 49.5 Å². The quantitative estimate of drug-likeness (QED) is 0.129. The minimum absolute atomic E-state index is 0.0709. The van der Waals surface area contributed by atoms with E-state index in [0.717, 1.165) is 12.8 Å². The van der Waals surface area contributed by atoms with Gasteiger partial charge < -0.3 is 40.7 Å². The zero-order chi connectivity index (χ0) is 34.9. The van der Waals surface area contributed by atoms with Gasteiger partial charge >= 0.3 is 0 Å². The summed E-state index contributed by atoms with van der Waals surface area (Å²) < 4.78 is 6.25. The van der Waals surface area contributed by atoms with Crippen LogP contribution in [0.25, 0.3) is 0 Å². The summed E-state index contributed by atoms with van der Waals surface area (Å²) in [4.78, 5) is 14.9. The highest BCUT2D eigenvalue weighted by Gasteiger charge is 2.75. The molecule has 7 aliphatic rings. The highest BCUT2D eigenvalue weighted by Crippen LogP contribution is 2.73. The number of ether oxygens (including phenoxy) is 1. The predicted octanol–water partition coefficient (Wildman–Crippen LogP) is 3.37. The first-order valence-corrected chi connectivity index (χ1v) is 18.9. The van der Waals surface area contributed by atoms with Crippen LogP contribution in [0.1, 0.15) is 118 Å². The second kappa shape index (κ2) is 12.9. The Hall–Kier alpha value is -1.51. The van der Waals surface area contributed by atoms with Crippen LogP contribution in [-0.2, 0) is 9.53 Å². The Kier molecular flexibility index (Phi) is 9.77. The molecule has 1 saturated heterocycles. The van der Waals surface area contributed by atoms with Crippen LogP contribution in [0.5, 0.6) is 0 Å². The van der Waals surface area contributed by atoms with Crippen molar-refractivity contribution in [3.63, 3.8) is 0 Å². The number of hydrogen-bond acceptors (Lipinski definition) is 9. The van der Waals surface area contributed by atoms with Crippen LogP contribution >= 0.6 is 0 Å². The first kappa shape index (κ1) is 36.3. The number of ketones is 1. The van der Waals surface area contributed by atoms with Crippen LogP contribution in [0.4, 0.5) is 0 Å². The number of carbonyl (C=O) groups excluding carboxylic acids is 1. The van der Waals surface area contributed by atoms with Gasteiger partial charge in [0, 0.05) is 24.8 Å². The Morgan fingerprint density at radius 1 is 1.06 bits per heavy atom. The normalized spacial score (nSPS) is 46.0. The zero-order valence-electron chi connectivity index (χ0n) is 29.8. The number of allylic oxidation sites excluding steroid dienone is 1. The van der Waals surface area contributed by atoms with E-state index in [-0.39, 0.29) is 49.8 Å². The SMILES string of the molecule is CCCCCCC1COC(C(O)C(C)(O)C2CCC3(O)C4=C(NCC(C)O)C(=O)C56CC#CCC23CCC4C5(C)CC(O)C(O)C6)C1C. The van der Waals surface area contributed by atoms with Gasteiger partial charge in [-0.25, -0.2) is 0 Å². The van der Waals surface area contributed by atoms with Crippen molar-refractivity contribution in [2.45, 2.75) is 160 Å². The lowest BCUT2D eigenvalue weighted by Gasteiger charge is -2.65. The molecule has 4 fully saturated rings. The molecule has 9 heteroatoms. The van der Waals surface area contributed by atoms with Gasteiger partial charge in [-0.05, 0) is 93.5 Å². The maximum absolute atomic E-state index is 14.9. The van der Waals surface area contributed by atoms with Crippen LogP contribution in [0.3, 0.4) is 0 Å². The van der Waals surface area contributed by atoms with Gasteiger partial charge in [-0.15, -0.1) is 11.8 Å². The molecule has 1 heterocycles. The molecule has 0 radical (unpaired) electrons. The van der Waals surface area contributed by atoms with Crippen LogP contribution in [0.15, 0.2) is 11.3 Å². The number of rotatable bonds is 11. The van der Waals surface area contributed by atoms with E-state index in [1.54, 1.807) is 13.8 Å². The standard InChI is InChI=1S/C39H61NO8/c1-6-7-8-9-12-25-22-48-32(24(25)3)34(45)36(5,46)29-14-18-39(47)30-26-13-17-37(29,39)15-10-11-16-38(33(44)31(30)40-21-23(2)41)20-28(43)27(42)19-35(26,38)4/h23-29,32,34,40-43,45-47H,6-9,12-22H2,1-5H3. The first-order chi connectivity index (χ1) is 22.6. The van der Waals surface area contributed by atoms with Crippen molar-refractivity contribution in [1.82, 2.24) is 5.32 Å². The summed E-state index contributed by atoms with van der Waals surface area (Å²) in [6.45, 7) is 10.4. The van der Waals surface area contributed by atoms with E-state index < -0.39 is 63.9 Å². The molecule has 48 heavy (non-hydrogen) atoms. The van der Waals surface area contributed by atoms with E-state index in [2.05, 4.69) is 31.0 Å². The average molecular weight is 672 g/mol. The van der Waals surface area contributed by atoms with Gasteiger partial charge in [0.05, 0.1) is 53.3 Å². The number of fused-ring (bicyclic) bond motifs is 4. The molecule has 3 saturated carbocycles. The van der Waals surface area contributed by atoms with Gasteiger partial charge in [-0.2, -0.15) is 0 Å². The van der Waals surface area contributed by atoms with E-state index in [1.807, 2.05) is 6.92 Å². The number of aliphatic hydroxyl groups is 6. The van der Waals surface area contributed by atoms with Gasteiger partial charge in [-0.3, -0.25) is 4.79 Å². The number of carbonyl (C=O) groups is 1. The van der Waals surface area contributed by atoms with Crippen molar-refractivity contribution in [3.8, 4) is 11.8 Å². The number of Topliss-reactive ketones (excluding diaryl/α,β-unsaturated/α-hetero) is 1.